The Morgan fingerprint density at radius 1 is 1.08 bits per heavy atom. The highest BCUT2D eigenvalue weighted by Gasteiger charge is 2.31. The molecule has 134 valence electrons. The van der Waals surface area contributed by atoms with Crippen molar-refractivity contribution in [2.45, 2.75) is 18.0 Å². The Balaban J connectivity index is 2.34. The zero-order valence-corrected chi connectivity index (χ0v) is 14.1. The molecule has 0 radical (unpaired) electrons. The fourth-order valence-electron chi connectivity index (χ4n) is 2.09. The van der Waals surface area contributed by atoms with Crippen molar-refractivity contribution in [2.24, 2.45) is 0 Å². The van der Waals surface area contributed by atoms with Gasteiger partial charge in [0.25, 0.3) is 10.0 Å². The average Bonchev–Trinajstić information content (AvgIpc) is 2.53. The molecule has 5 nitrogen and oxygen atoms in total. The number of sulfonamides is 1. The first-order valence-corrected chi connectivity index (χ1v) is 8.49. The molecule has 0 aromatic heterocycles. The average molecular weight is 372 g/mol. The number of alkyl halides is 3. The summed E-state index contributed by atoms with van der Waals surface area (Å²) in [5, 5.41) is 2.50. The minimum absolute atomic E-state index is 0.110. The van der Waals surface area contributed by atoms with Gasteiger partial charge in [-0.3, -0.25) is 9.10 Å². The van der Waals surface area contributed by atoms with Crippen LogP contribution in [0.2, 0.25) is 0 Å². The molecule has 0 bridgehead atoms. The summed E-state index contributed by atoms with van der Waals surface area (Å²) in [7, 11) is -2.87. The Kier molecular flexibility index (Phi) is 5.07. The molecule has 0 fully saturated rings. The molecule has 0 heterocycles. The normalized spacial score (nSPS) is 11.9. The van der Waals surface area contributed by atoms with Crippen LogP contribution in [-0.4, -0.2) is 21.4 Å². The highest BCUT2D eigenvalue weighted by Crippen LogP contribution is 2.32. The maximum absolute atomic E-state index is 12.8. The lowest BCUT2D eigenvalue weighted by Gasteiger charge is -2.20. The SMILES string of the molecule is CC(=O)Nc1ccc(S(=O)(=O)N(C)c2cccc(C(F)(F)F)c2)cc1. The number of benzene rings is 2. The van der Waals surface area contributed by atoms with Crippen LogP contribution in [-0.2, 0) is 21.0 Å². The monoisotopic (exact) mass is 372 g/mol. The second kappa shape index (κ2) is 6.75. The van der Waals surface area contributed by atoms with Gasteiger partial charge in [-0.15, -0.1) is 0 Å². The Morgan fingerprint density at radius 3 is 2.20 bits per heavy atom. The van der Waals surface area contributed by atoms with Crippen LogP contribution in [0.1, 0.15) is 12.5 Å². The van der Waals surface area contributed by atoms with Crippen LogP contribution in [0.3, 0.4) is 0 Å². The largest absolute Gasteiger partial charge is 0.416 e. The van der Waals surface area contributed by atoms with Gasteiger partial charge in [0.1, 0.15) is 0 Å². The van der Waals surface area contributed by atoms with Gasteiger partial charge in [-0.25, -0.2) is 8.42 Å². The van der Waals surface area contributed by atoms with Crippen LogP contribution in [0, 0.1) is 0 Å². The van der Waals surface area contributed by atoms with Crippen molar-refractivity contribution in [1.82, 2.24) is 0 Å². The Labute approximate surface area is 143 Å². The van der Waals surface area contributed by atoms with E-state index in [2.05, 4.69) is 5.32 Å². The van der Waals surface area contributed by atoms with Gasteiger partial charge < -0.3 is 5.32 Å². The second-order valence-electron chi connectivity index (χ2n) is 5.23. The molecule has 0 aliphatic carbocycles. The van der Waals surface area contributed by atoms with Gasteiger partial charge in [0.05, 0.1) is 16.1 Å². The lowest BCUT2D eigenvalue weighted by atomic mass is 10.2. The molecule has 0 saturated carbocycles. The second-order valence-corrected chi connectivity index (χ2v) is 7.20. The van der Waals surface area contributed by atoms with Gasteiger partial charge in [0.15, 0.2) is 0 Å². The molecule has 0 unspecified atom stereocenters. The van der Waals surface area contributed by atoms with Gasteiger partial charge in [-0.2, -0.15) is 13.2 Å². The maximum Gasteiger partial charge on any atom is 0.416 e. The number of nitrogens with zero attached hydrogens (tertiary/aromatic N) is 1. The van der Waals surface area contributed by atoms with Crippen molar-refractivity contribution in [2.75, 3.05) is 16.7 Å². The van der Waals surface area contributed by atoms with Crippen molar-refractivity contribution >= 4 is 27.3 Å². The van der Waals surface area contributed by atoms with E-state index in [0.717, 1.165) is 22.5 Å². The van der Waals surface area contributed by atoms with E-state index in [4.69, 9.17) is 0 Å². The lowest BCUT2D eigenvalue weighted by Crippen LogP contribution is -2.26. The van der Waals surface area contributed by atoms with Crippen molar-refractivity contribution in [3.05, 3.63) is 54.1 Å². The molecule has 0 aliphatic heterocycles. The predicted octanol–water partition coefficient (Wildman–Crippen LogP) is 3.49. The molecule has 2 aromatic rings. The minimum Gasteiger partial charge on any atom is -0.326 e. The zero-order chi connectivity index (χ0) is 18.8. The van der Waals surface area contributed by atoms with Crippen molar-refractivity contribution < 1.29 is 26.4 Å². The molecule has 0 atom stereocenters. The van der Waals surface area contributed by atoms with E-state index >= 15 is 0 Å². The van der Waals surface area contributed by atoms with Crippen molar-refractivity contribution in [3.8, 4) is 0 Å². The Hall–Kier alpha value is -2.55. The van der Waals surface area contributed by atoms with E-state index in [9.17, 15) is 26.4 Å². The number of halogens is 3. The van der Waals surface area contributed by atoms with Crippen LogP contribution < -0.4 is 9.62 Å². The third-order valence-electron chi connectivity index (χ3n) is 3.37. The molecule has 0 saturated heterocycles. The highest BCUT2D eigenvalue weighted by atomic mass is 32.2. The first-order chi connectivity index (χ1) is 11.5. The van der Waals surface area contributed by atoms with Crippen molar-refractivity contribution in [1.29, 1.82) is 0 Å². The summed E-state index contributed by atoms with van der Waals surface area (Å²) >= 11 is 0. The predicted molar refractivity (Wildman–Crippen MR) is 87.8 cm³/mol. The molecule has 2 aromatic carbocycles. The number of amides is 1. The molecule has 0 aliphatic rings. The quantitative estimate of drug-likeness (QED) is 0.893. The number of anilines is 2. The number of rotatable bonds is 4. The van der Waals surface area contributed by atoms with E-state index in [1.54, 1.807) is 0 Å². The Bertz CT molecular complexity index is 878. The number of carbonyl (C=O) groups excluding carboxylic acids is 1. The van der Waals surface area contributed by atoms with Gasteiger partial charge in [0.2, 0.25) is 5.91 Å². The molecule has 2 rings (SSSR count). The van der Waals surface area contributed by atoms with Crippen LogP contribution in [0.25, 0.3) is 0 Å². The van der Waals surface area contributed by atoms with Crippen LogP contribution in [0.15, 0.2) is 53.4 Å². The summed E-state index contributed by atoms with van der Waals surface area (Å²) in [6, 6.07) is 9.38. The smallest absolute Gasteiger partial charge is 0.326 e. The molecule has 0 spiro atoms. The van der Waals surface area contributed by atoms with Gasteiger partial charge in [-0.05, 0) is 42.5 Å². The van der Waals surface area contributed by atoms with E-state index in [-0.39, 0.29) is 16.5 Å². The van der Waals surface area contributed by atoms with E-state index in [0.29, 0.717) is 5.69 Å². The van der Waals surface area contributed by atoms with E-state index in [1.807, 2.05) is 0 Å². The first kappa shape index (κ1) is 18.8. The summed E-state index contributed by atoms with van der Waals surface area (Å²) in [4.78, 5) is 10.9. The fraction of sp³-hybridized carbons (Fsp3) is 0.188. The molecular weight excluding hydrogens is 357 g/mol. The topological polar surface area (TPSA) is 66.5 Å². The van der Waals surface area contributed by atoms with Crippen LogP contribution in [0.4, 0.5) is 24.5 Å². The van der Waals surface area contributed by atoms with Crippen molar-refractivity contribution in [3.63, 3.8) is 0 Å². The molecule has 1 amide bonds. The fourth-order valence-corrected chi connectivity index (χ4v) is 3.28. The molecule has 25 heavy (non-hydrogen) atoms. The number of hydrogen-bond donors (Lipinski definition) is 1. The van der Waals surface area contributed by atoms with Crippen LogP contribution >= 0.6 is 0 Å². The third kappa shape index (κ3) is 4.30. The highest BCUT2D eigenvalue weighted by molar-refractivity contribution is 7.92. The van der Waals surface area contributed by atoms with Gasteiger partial charge in [-0.1, -0.05) is 6.07 Å². The zero-order valence-electron chi connectivity index (χ0n) is 13.3. The first-order valence-electron chi connectivity index (χ1n) is 7.05. The molecule has 1 N–H and O–H groups in total. The summed E-state index contributed by atoms with van der Waals surface area (Å²) in [6.45, 7) is 1.31. The Morgan fingerprint density at radius 2 is 1.68 bits per heavy atom. The number of hydrogen-bond acceptors (Lipinski definition) is 3. The summed E-state index contributed by atoms with van der Waals surface area (Å²) in [5.41, 5.74) is -0.637. The summed E-state index contributed by atoms with van der Waals surface area (Å²) in [6.07, 6.45) is -4.57. The number of carbonyl (C=O) groups is 1. The van der Waals surface area contributed by atoms with Gasteiger partial charge in [0, 0.05) is 19.7 Å². The molecular formula is C16H15F3N2O3S. The standard InChI is InChI=1S/C16H15F3N2O3S/c1-11(22)20-13-6-8-15(9-7-13)25(23,24)21(2)14-5-3-4-12(10-14)16(17,18)19/h3-10H,1-2H3,(H,20,22). The summed E-state index contributed by atoms with van der Waals surface area (Å²) in [5.74, 6) is -0.309. The minimum atomic E-state index is -4.57. The lowest BCUT2D eigenvalue weighted by molar-refractivity contribution is -0.137. The third-order valence-corrected chi connectivity index (χ3v) is 5.17. The molecule has 9 heteroatoms. The summed E-state index contributed by atoms with van der Waals surface area (Å²) < 4.78 is 64.3. The maximum atomic E-state index is 12.8. The van der Waals surface area contributed by atoms with Gasteiger partial charge >= 0.3 is 6.18 Å². The van der Waals surface area contributed by atoms with E-state index < -0.39 is 21.8 Å². The van der Waals surface area contributed by atoms with E-state index in [1.165, 1.54) is 44.3 Å². The van der Waals surface area contributed by atoms with Crippen LogP contribution in [0.5, 0.6) is 0 Å². The number of nitrogens with one attached hydrogen (secondary N) is 1.